The van der Waals surface area contributed by atoms with Crippen molar-refractivity contribution in [1.82, 2.24) is 10.2 Å². The molecule has 1 N–H and O–H groups in total. The molecule has 1 saturated carbocycles. The van der Waals surface area contributed by atoms with Gasteiger partial charge in [-0.05, 0) is 44.7 Å². The van der Waals surface area contributed by atoms with E-state index in [2.05, 4.69) is 49.2 Å². The van der Waals surface area contributed by atoms with Gasteiger partial charge in [-0.15, -0.1) is 0 Å². The molecule has 1 aromatic rings. The van der Waals surface area contributed by atoms with Gasteiger partial charge in [-0.2, -0.15) is 0 Å². The summed E-state index contributed by atoms with van der Waals surface area (Å²) in [5.41, 5.74) is 4.74. The van der Waals surface area contributed by atoms with E-state index in [1.54, 1.807) is 0 Å². The van der Waals surface area contributed by atoms with Crippen LogP contribution in [-0.2, 0) is 6.54 Å². The van der Waals surface area contributed by atoms with Crippen LogP contribution in [0.3, 0.4) is 0 Å². The highest BCUT2D eigenvalue weighted by Crippen LogP contribution is 2.33. The minimum atomic E-state index is 0.421. The summed E-state index contributed by atoms with van der Waals surface area (Å²) in [6.07, 6.45) is 5.53. The van der Waals surface area contributed by atoms with Gasteiger partial charge in [0.15, 0.2) is 0 Å². The van der Waals surface area contributed by atoms with Gasteiger partial charge in [0.1, 0.15) is 0 Å². The second kappa shape index (κ2) is 5.50. The summed E-state index contributed by atoms with van der Waals surface area (Å²) < 4.78 is 0. The second-order valence-corrected chi connectivity index (χ2v) is 7.05. The normalized spacial score (nSPS) is 26.2. The first-order valence-electron chi connectivity index (χ1n) is 8.13. The first kappa shape index (κ1) is 14.1. The zero-order chi connectivity index (χ0) is 14.2. The number of piperazine rings is 1. The highest BCUT2D eigenvalue weighted by Gasteiger charge is 2.39. The molecule has 1 aliphatic carbocycles. The second-order valence-electron chi connectivity index (χ2n) is 7.05. The molecule has 2 fully saturated rings. The molecule has 1 unspecified atom stereocenters. The van der Waals surface area contributed by atoms with E-state index in [0.717, 1.165) is 13.1 Å². The maximum atomic E-state index is 3.84. The molecule has 1 spiro atoms. The summed E-state index contributed by atoms with van der Waals surface area (Å²) in [5.74, 6) is 0. The number of hydrogen-bond acceptors (Lipinski definition) is 2. The van der Waals surface area contributed by atoms with Crippen molar-refractivity contribution in [1.29, 1.82) is 0 Å². The summed E-state index contributed by atoms with van der Waals surface area (Å²) in [7, 11) is 0. The Hall–Kier alpha value is -0.860. The fraction of sp³-hybridized carbons (Fsp3) is 0.667. The lowest BCUT2D eigenvalue weighted by atomic mass is 9.92. The monoisotopic (exact) mass is 272 g/mol. The lowest BCUT2D eigenvalue weighted by Crippen LogP contribution is -2.62. The van der Waals surface area contributed by atoms with Crippen molar-refractivity contribution in [2.75, 3.05) is 13.1 Å². The standard InChI is InChI=1S/C18H28N2/c1-14-6-7-15(2)17(10-14)12-20-13-18(8-4-5-9-18)19-11-16(20)3/h6-7,10,16,19H,4-5,8-9,11-13H2,1-3H3. The molecule has 0 amide bonds. The molecule has 1 saturated heterocycles. The molecule has 2 aliphatic rings. The van der Waals surface area contributed by atoms with Crippen molar-refractivity contribution in [2.24, 2.45) is 0 Å². The van der Waals surface area contributed by atoms with Crippen molar-refractivity contribution in [3.05, 3.63) is 34.9 Å². The molecule has 20 heavy (non-hydrogen) atoms. The Bertz CT molecular complexity index is 474. The first-order valence-corrected chi connectivity index (χ1v) is 8.13. The number of nitrogens with one attached hydrogen (secondary N) is 1. The molecule has 0 radical (unpaired) electrons. The third kappa shape index (κ3) is 2.77. The van der Waals surface area contributed by atoms with E-state index >= 15 is 0 Å². The Labute approximate surface area is 123 Å². The van der Waals surface area contributed by atoms with Gasteiger partial charge < -0.3 is 5.32 Å². The van der Waals surface area contributed by atoms with Crippen molar-refractivity contribution < 1.29 is 0 Å². The lowest BCUT2D eigenvalue weighted by molar-refractivity contribution is 0.0825. The summed E-state index contributed by atoms with van der Waals surface area (Å²) in [5, 5.41) is 3.84. The van der Waals surface area contributed by atoms with Crippen LogP contribution in [0.1, 0.15) is 49.3 Å². The van der Waals surface area contributed by atoms with Gasteiger partial charge in [-0.1, -0.05) is 36.6 Å². The van der Waals surface area contributed by atoms with Gasteiger partial charge >= 0.3 is 0 Å². The van der Waals surface area contributed by atoms with Gasteiger partial charge in [0, 0.05) is 31.2 Å². The van der Waals surface area contributed by atoms with Crippen LogP contribution >= 0.6 is 0 Å². The van der Waals surface area contributed by atoms with Crippen LogP contribution in [0.2, 0.25) is 0 Å². The highest BCUT2D eigenvalue weighted by molar-refractivity contribution is 5.30. The van der Waals surface area contributed by atoms with E-state index in [0.29, 0.717) is 11.6 Å². The lowest BCUT2D eigenvalue weighted by Gasteiger charge is -2.45. The minimum absolute atomic E-state index is 0.421. The van der Waals surface area contributed by atoms with Crippen LogP contribution in [0.4, 0.5) is 0 Å². The average molecular weight is 272 g/mol. The Morgan fingerprint density at radius 2 is 2.00 bits per heavy atom. The maximum Gasteiger partial charge on any atom is 0.0309 e. The number of nitrogens with zero attached hydrogens (tertiary/aromatic N) is 1. The summed E-state index contributed by atoms with van der Waals surface area (Å²) in [6.45, 7) is 10.3. The van der Waals surface area contributed by atoms with Crippen LogP contribution < -0.4 is 5.32 Å². The van der Waals surface area contributed by atoms with Gasteiger partial charge in [-0.3, -0.25) is 4.90 Å². The minimum Gasteiger partial charge on any atom is -0.308 e. The van der Waals surface area contributed by atoms with Crippen LogP contribution in [0, 0.1) is 13.8 Å². The zero-order valence-electron chi connectivity index (χ0n) is 13.2. The molecule has 1 atom stereocenters. The molecule has 1 aromatic carbocycles. The molecule has 0 bridgehead atoms. The molecule has 2 heteroatoms. The number of rotatable bonds is 2. The van der Waals surface area contributed by atoms with Crippen molar-refractivity contribution in [3.63, 3.8) is 0 Å². The quantitative estimate of drug-likeness (QED) is 0.887. The van der Waals surface area contributed by atoms with Crippen molar-refractivity contribution in [3.8, 4) is 0 Å². The molecular formula is C18H28N2. The smallest absolute Gasteiger partial charge is 0.0309 e. The van der Waals surface area contributed by atoms with E-state index in [9.17, 15) is 0 Å². The van der Waals surface area contributed by atoms with Gasteiger partial charge in [0.05, 0.1) is 0 Å². The van der Waals surface area contributed by atoms with Crippen molar-refractivity contribution >= 4 is 0 Å². The van der Waals surface area contributed by atoms with Crippen LogP contribution in [0.5, 0.6) is 0 Å². The summed E-state index contributed by atoms with van der Waals surface area (Å²) >= 11 is 0. The third-order valence-corrected chi connectivity index (χ3v) is 5.34. The Balaban J connectivity index is 1.76. The topological polar surface area (TPSA) is 15.3 Å². The summed E-state index contributed by atoms with van der Waals surface area (Å²) in [4.78, 5) is 2.70. The Morgan fingerprint density at radius 1 is 1.25 bits per heavy atom. The molecule has 2 nitrogen and oxygen atoms in total. The molecular weight excluding hydrogens is 244 g/mol. The third-order valence-electron chi connectivity index (χ3n) is 5.34. The van der Waals surface area contributed by atoms with Crippen molar-refractivity contribution in [2.45, 2.75) is 64.6 Å². The van der Waals surface area contributed by atoms with E-state index in [1.807, 2.05) is 0 Å². The Morgan fingerprint density at radius 3 is 2.75 bits per heavy atom. The fourth-order valence-corrected chi connectivity index (χ4v) is 3.88. The SMILES string of the molecule is Cc1ccc(C)c(CN2CC3(CCCC3)NCC2C)c1. The van der Waals surface area contributed by atoms with E-state index in [4.69, 9.17) is 0 Å². The zero-order valence-corrected chi connectivity index (χ0v) is 13.2. The fourth-order valence-electron chi connectivity index (χ4n) is 3.88. The number of aryl methyl sites for hydroxylation is 2. The van der Waals surface area contributed by atoms with Gasteiger partial charge in [0.2, 0.25) is 0 Å². The van der Waals surface area contributed by atoms with E-state index in [-0.39, 0.29) is 0 Å². The molecule has 0 aromatic heterocycles. The number of hydrogen-bond donors (Lipinski definition) is 1. The van der Waals surface area contributed by atoms with Crippen LogP contribution in [-0.4, -0.2) is 29.6 Å². The first-order chi connectivity index (χ1) is 9.58. The van der Waals surface area contributed by atoms with Crippen LogP contribution in [0.15, 0.2) is 18.2 Å². The molecule has 110 valence electrons. The molecule has 1 heterocycles. The average Bonchev–Trinajstić information content (AvgIpc) is 2.87. The van der Waals surface area contributed by atoms with Gasteiger partial charge in [-0.25, -0.2) is 0 Å². The molecule has 3 rings (SSSR count). The Kier molecular flexibility index (Phi) is 3.87. The maximum absolute atomic E-state index is 3.84. The molecule has 1 aliphatic heterocycles. The van der Waals surface area contributed by atoms with Crippen LogP contribution in [0.25, 0.3) is 0 Å². The number of benzene rings is 1. The highest BCUT2D eigenvalue weighted by atomic mass is 15.2. The predicted octanol–water partition coefficient (Wildman–Crippen LogP) is 3.41. The largest absolute Gasteiger partial charge is 0.308 e. The predicted molar refractivity (Wildman–Crippen MR) is 85.0 cm³/mol. The summed E-state index contributed by atoms with van der Waals surface area (Å²) in [6, 6.07) is 7.49. The van der Waals surface area contributed by atoms with E-state index < -0.39 is 0 Å². The van der Waals surface area contributed by atoms with E-state index in [1.165, 1.54) is 48.9 Å². The van der Waals surface area contributed by atoms with Gasteiger partial charge in [0.25, 0.3) is 0 Å².